The number of rotatable bonds is 7. The van der Waals surface area contributed by atoms with E-state index >= 15 is 0 Å². The molecule has 0 unspecified atom stereocenters. The highest BCUT2D eigenvalue weighted by Crippen LogP contribution is 2.38. The molecule has 0 aromatic heterocycles. The van der Waals surface area contributed by atoms with Crippen molar-refractivity contribution in [2.75, 3.05) is 6.54 Å². The fourth-order valence-electron chi connectivity index (χ4n) is 3.80. The second-order valence-electron chi connectivity index (χ2n) is 9.04. The lowest BCUT2D eigenvalue weighted by molar-refractivity contribution is -0.134. The van der Waals surface area contributed by atoms with Gasteiger partial charge in [0.05, 0.1) is 5.54 Å². The molecule has 0 bridgehead atoms. The van der Waals surface area contributed by atoms with E-state index < -0.39 is 21.5 Å². The number of benzene rings is 2. The molecule has 7 nitrogen and oxygen atoms in total. The van der Waals surface area contributed by atoms with Crippen LogP contribution in [0.1, 0.15) is 50.3 Å². The van der Waals surface area contributed by atoms with Crippen molar-refractivity contribution in [3.05, 3.63) is 70.9 Å². The van der Waals surface area contributed by atoms with Crippen LogP contribution in [0.15, 0.2) is 54.2 Å². The molecule has 1 amide bonds. The van der Waals surface area contributed by atoms with E-state index in [1.165, 1.54) is 0 Å². The summed E-state index contributed by atoms with van der Waals surface area (Å²) in [4.78, 5) is 25.4. The molecule has 8 heteroatoms. The number of aryl methyl sites for hydroxylation is 2. The Morgan fingerprint density at radius 3 is 2.18 bits per heavy atom. The summed E-state index contributed by atoms with van der Waals surface area (Å²) in [6, 6.07) is 14.2. The van der Waals surface area contributed by atoms with Gasteiger partial charge >= 0.3 is 5.97 Å². The summed E-state index contributed by atoms with van der Waals surface area (Å²) in [5, 5.41) is 2.98. The fraction of sp³-hybridized carbons (Fsp3) is 0.360. The van der Waals surface area contributed by atoms with Crippen molar-refractivity contribution in [2.45, 2.75) is 53.0 Å². The monoisotopic (exact) mass is 470 g/mol. The van der Waals surface area contributed by atoms with E-state index in [1.54, 1.807) is 51.1 Å². The SMILES string of the molecule is Cc1cccc(C)c1OC(=O)CCCNC1=C(c2ccccc2)S(=O)(=O)N(C(C)(C)C)C1=O. The number of nitrogens with zero attached hydrogens (tertiary/aromatic N) is 1. The highest BCUT2D eigenvalue weighted by atomic mass is 32.2. The summed E-state index contributed by atoms with van der Waals surface area (Å²) in [6.07, 6.45) is 0.497. The van der Waals surface area contributed by atoms with E-state index in [2.05, 4.69) is 5.32 Å². The minimum Gasteiger partial charge on any atom is -0.426 e. The normalized spacial score (nSPS) is 15.7. The van der Waals surface area contributed by atoms with E-state index in [-0.39, 0.29) is 29.5 Å². The van der Waals surface area contributed by atoms with Crippen LogP contribution in [0.25, 0.3) is 4.91 Å². The van der Waals surface area contributed by atoms with Crippen LogP contribution in [0.4, 0.5) is 0 Å². The largest absolute Gasteiger partial charge is 0.426 e. The Bertz CT molecular complexity index is 1170. The zero-order valence-corrected chi connectivity index (χ0v) is 20.5. The maximum atomic E-state index is 13.3. The third-order valence-corrected chi connectivity index (χ3v) is 7.40. The molecular weight excluding hydrogens is 440 g/mol. The Morgan fingerprint density at radius 1 is 1.00 bits per heavy atom. The molecule has 0 saturated heterocycles. The van der Waals surface area contributed by atoms with Crippen LogP contribution in [0.5, 0.6) is 5.75 Å². The lowest BCUT2D eigenvalue weighted by Crippen LogP contribution is -2.46. The van der Waals surface area contributed by atoms with Crippen molar-refractivity contribution in [1.82, 2.24) is 9.62 Å². The van der Waals surface area contributed by atoms with Crippen LogP contribution in [0.3, 0.4) is 0 Å². The number of nitrogens with one attached hydrogen (secondary N) is 1. The minimum absolute atomic E-state index is 0.0271. The van der Waals surface area contributed by atoms with Gasteiger partial charge in [0, 0.05) is 13.0 Å². The third kappa shape index (κ3) is 5.11. The van der Waals surface area contributed by atoms with Gasteiger partial charge in [-0.15, -0.1) is 0 Å². The molecule has 1 heterocycles. The molecule has 0 atom stereocenters. The molecule has 1 aliphatic rings. The molecular formula is C25H30N2O5S. The van der Waals surface area contributed by atoms with Gasteiger partial charge in [-0.1, -0.05) is 48.5 Å². The molecule has 3 rings (SSSR count). The maximum absolute atomic E-state index is 13.3. The van der Waals surface area contributed by atoms with Gasteiger partial charge in [-0.2, -0.15) is 0 Å². The van der Waals surface area contributed by atoms with Gasteiger partial charge in [0.2, 0.25) is 0 Å². The molecule has 1 N–H and O–H groups in total. The standard InChI is InChI=1S/C25H30N2O5S/c1-17-11-9-12-18(2)22(17)32-20(28)15-10-16-26-21-23(19-13-7-6-8-14-19)33(30,31)27(24(21)29)25(3,4)5/h6-9,11-14,26H,10,15-16H2,1-5H3. The van der Waals surface area contributed by atoms with Crippen molar-refractivity contribution in [3.8, 4) is 5.75 Å². The van der Waals surface area contributed by atoms with E-state index in [4.69, 9.17) is 4.74 Å². The lowest BCUT2D eigenvalue weighted by Gasteiger charge is -2.30. The van der Waals surface area contributed by atoms with E-state index in [0.29, 0.717) is 17.7 Å². The van der Waals surface area contributed by atoms with Crippen LogP contribution in [0.2, 0.25) is 0 Å². The number of carbonyl (C=O) groups excluding carboxylic acids is 2. The van der Waals surface area contributed by atoms with Crippen LogP contribution in [-0.4, -0.2) is 36.7 Å². The smallest absolute Gasteiger partial charge is 0.311 e. The second-order valence-corrected chi connectivity index (χ2v) is 10.8. The summed E-state index contributed by atoms with van der Waals surface area (Å²) in [7, 11) is -4.03. The predicted molar refractivity (Wildman–Crippen MR) is 128 cm³/mol. The van der Waals surface area contributed by atoms with Crippen LogP contribution in [0, 0.1) is 13.8 Å². The van der Waals surface area contributed by atoms with E-state index in [9.17, 15) is 18.0 Å². The van der Waals surface area contributed by atoms with Crippen molar-refractivity contribution in [1.29, 1.82) is 0 Å². The number of esters is 1. The quantitative estimate of drug-likeness (QED) is 0.375. The molecule has 0 saturated carbocycles. The maximum Gasteiger partial charge on any atom is 0.311 e. The van der Waals surface area contributed by atoms with Gasteiger partial charge in [-0.3, -0.25) is 9.59 Å². The zero-order chi connectivity index (χ0) is 24.4. The van der Waals surface area contributed by atoms with Crippen molar-refractivity contribution in [3.63, 3.8) is 0 Å². The number of sulfonamides is 1. The summed E-state index contributed by atoms with van der Waals surface area (Å²) in [5.41, 5.74) is 1.30. The molecule has 1 aliphatic heterocycles. The number of hydrogen-bond donors (Lipinski definition) is 1. The molecule has 0 fully saturated rings. The summed E-state index contributed by atoms with van der Waals surface area (Å²) >= 11 is 0. The van der Waals surface area contributed by atoms with Gasteiger partial charge in [0.1, 0.15) is 16.4 Å². The highest BCUT2D eigenvalue weighted by molar-refractivity contribution is 7.99. The number of amides is 1. The first-order valence-electron chi connectivity index (χ1n) is 10.8. The molecule has 2 aromatic carbocycles. The Hall–Kier alpha value is -3.13. The van der Waals surface area contributed by atoms with Crippen molar-refractivity contribution < 1.29 is 22.7 Å². The topological polar surface area (TPSA) is 92.8 Å². The Kier molecular flexibility index (Phi) is 6.97. The fourth-order valence-corrected chi connectivity index (χ4v) is 5.87. The summed E-state index contributed by atoms with van der Waals surface area (Å²) in [5.74, 6) is -0.421. The molecule has 2 aromatic rings. The van der Waals surface area contributed by atoms with Gasteiger partial charge in [-0.25, -0.2) is 12.7 Å². The molecule has 176 valence electrons. The second kappa shape index (κ2) is 9.39. The predicted octanol–water partition coefficient (Wildman–Crippen LogP) is 3.92. The van der Waals surface area contributed by atoms with Crippen molar-refractivity contribution in [2.24, 2.45) is 0 Å². The number of para-hydroxylation sites is 1. The first-order chi connectivity index (χ1) is 15.4. The van der Waals surface area contributed by atoms with Gasteiger partial charge in [0.25, 0.3) is 15.9 Å². The molecule has 33 heavy (non-hydrogen) atoms. The third-order valence-electron chi connectivity index (χ3n) is 5.25. The minimum atomic E-state index is -4.03. The number of hydrogen-bond acceptors (Lipinski definition) is 6. The zero-order valence-electron chi connectivity index (χ0n) is 19.6. The lowest BCUT2D eigenvalue weighted by atomic mass is 10.1. The van der Waals surface area contributed by atoms with Gasteiger partial charge in [-0.05, 0) is 57.7 Å². The Morgan fingerprint density at radius 2 is 1.61 bits per heavy atom. The number of carbonyl (C=O) groups is 2. The van der Waals surface area contributed by atoms with Crippen molar-refractivity contribution >= 4 is 26.8 Å². The van der Waals surface area contributed by atoms with E-state index in [1.807, 2.05) is 32.0 Å². The van der Waals surface area contributed by atoms with Crippen LogP contribution < -0.4 is 10.1 Å². The van der Waals surface area contributed by atoms with Crippen LogP contribution in [-0.2, 0) is 19.6 Å². The first-order valence-corrected chi connectivity index (χ1v) is 12.3. The summed E-state index contributed by atoms with van der Waals surface area (Å²) < 4.78 is 33.0. The summed E-state index contributed by atoms with van der Waals surface area (Å²) in [6.45, 7) is 9.03. The van der Waals surface area contributed by atoms with Gasteiger partial charge in [0.15, 0.2) is 0 Å². The Labute approximate surface area is 195 Å². The van der Waals surface area contributed by atoms with Crippen LogP contribution >= 0.6 is 0 Å². The average Bonchev–Trinajstić information content (AvgIpc) is 2.93. The highest BCUT2D eigenvalue weighted by Gasteiger charge is 2.49. The van der Waals surface area contributed by atoms with E-state index in [0.717, 1.165) is 15.4 Å². The van der Waals surface area contributed by atoms with Gasteiger partial charge < -0.3 is 10.1 Å². The first kappa shape index (κ1) is 24.5. The molecule has 0 spiro atoms. The molecule has 0 radical (unpaired) electrons. The number of ether oxygens (including phenoxy) is 1. The Balaban J connectivity index is 1.75. The average molecular weight is 471 g/mol. The molecule has 0 aliphatic carbocycles.